The molecule has 1 aromatic heterocycles. The Bertz CT molecular complexity index is 895. The summed E-state index contributed by atoms with van der Waals surface area (Å²) in [5, 5.41) is 4.67. The second kappa shape index (κ2) is 7.04. The van der Waals surface area contributed by atoms with Crippen LogP contribution < -0.4 is 10.5 Å². The monoisotopic (exact) mass is 347 g/mol. The lowest BCUT2D eigenvalue weighted by atomic mass is 10.1. The van der Waals surface area contributed by atoms with Crippen LogP contribution in [0.25, 0.3) is 11.3 Å². The molecule has 5 heteroatoms. The lowest BCUT2D eigenvalue weighted by Gasteiger charge is -2.09. The third kappa shape index (κ3) is 3.33. The molecule has 1 amide bonds. The highest BCUT2D eigenvalue weighted by Crippen LogP contribution is 2.32. The Kier molecular flexibility index (Phi) is 4.44. The first-order chi connectivity index (χ1) is 12.7. The van der Waals surface area contributed by atoms with Crippen LogP contribution in [0.5, 0.6) is 11.5 Å². The van der Waals surface area contributed by atoms with Gasteiger partial charge in [-0.1, -0.05) is 31.0 Å². The van der Waals surface area contributed by atoms with Crippen LogP contribution in [-0.2, 0) is 0 Å². The largest absolute Gasteiger partial charge is 0.457 e. The first-order valence-electron chi connectivity index (χ1n) is 8.93. The van der Waals surface area contributed by atoms with Crippen molar-refractivity contribution < 1.29 is 9.53 Å². The van der Waals surface area contributed by atoms with Crippen molar-refractivity contribution in [3.05, 3.63) is 66.4 Å². The molecule has 0 aliphatic heterocycles. The zero-order valence-corrected chi connectivity index (χ0v) is 14.5. The number of rotatable bonds is 5. The van der Waals surface area contributed by atoms with Gasteiger partial charge in [0.25, 0.3) is 5.91 Å². The molecule has 0 saturated heterocycles. The zero-order valence-electron chi connectivity index (χ0n) is 14.5. The highest BCUT2D eigenvalue weighted by molar-refractivity contribution is 5.98. The number of carbonyl (C=O) groups excluding carboxylic acids is 1. The molecule has 132 valence electrons. The van der Waals surface area contributed by atoms with Crippen LogP contribution in [0.1, 0.15) is 42.1 Å². The molecular weight excluding hydrogens is 326 g/mol. The summed E-state index contributed by atoms with van der Waals surface area (Å²) < 4.78 is 7.73. The van der Waals surface area contributed by atoms with Gasteiger partial charge in [0, 0.05) is 11.8 Å². The van der Waals surface area contributed by atoms with Crippen LogP contribution in [0.2, 0.25) is 0 Å². The molecule has 0 radical (unpaired) electrons. The quantitative estimate of drug-likeness (QED) is 0.736. The maximum atomic E-state index is 11.9. The molecule has 2 N–H and O–H groups in total. The van der Waals surface area contributed by atoms with Gasteiger partial charge >= 0.3 is 0 Å². The van der Waals surface area contributed by atoms with Gasteiger partial charge in [0.2, 0.25) is 0 Å². The molecule has 3 aromatic rings. The van der Waals surface area contributed by atoms with E-state index < -0.39 is 5.91 Å². The SMILES string of the molecule is NC(=O)c1cn(C2CCCC2)nc1-c1ccc(Oc2ccccc2)cc1. The number of hydrogen-bond donors (Lipinski definition) is 1. The van der Waals surface area contributed by atoms with Gasteiger partial charge in [0.1, 0.15) is 17.2 Å². The van der Waals surface area contributed by atoms with E-state index in [1.807, 2.05) is 59.3 Å². The molecule has 1 aliphatic carbocycles. The summed E-state index contributed by atoms with van der Waals surface area (Å²) in [4.78, 5) is 11.9. The van der Waals surface area contributed by atoms with E-state index in [4.69, 9.17) is 10.5 Å². The van der Waals surface area contributed by atoms with Crippen LogP contribution in [0.4, 0.5) is 0 Å². The Labute approximate surface area is 152 Å². The number of amides is 1. The maximum Gasteiger partial charge on any atom is 0.252 e. The first-order valence-corrected chi connectivity index (χ1v) is 8.93. The highest BCUT2D eigenvalue weighted by atomic mass is 16.5. The Morgan fingerprint density at radius 1 is 1.00 bits per heavy atom. The number of carbonyl (C=O) groups is 1. The summed E-state index contributed by atoms with van der Waals surface area (Å²) in [6.07, 6.45) is 6.41. The minimum atomic E-state index is -0.450. The summed E-state index contributed by atoms with van der Waals surface area (Å²) in [6, 6.07) is 17.5. The molecule has 0 unspecified atom stereocenters. The number of benzene rings is 2. The van der Waals surface area contributed by atoms with Gasteiger partial charge in [-0.2, -0.15) is 5.10 Å². The molecule has 1 fully saturated rings. The van der Waals surface area contributed by atoms with Crippen molar-refractivity contribution in [1.82, 2.24) is 9.78 Å². The third-order valence-corrected chi connectivity index (χ3v) is 4.80. The summed E-state index contributed by atoms with van der Waals surface area (Å²) in [5.41, 5.74) is 7.54. The predicted octanol–water partition coefficient (Wildman–Crippen LogP) is 4.56. The smallest absolute Gasteiger partial charge is 0.252 e. The number of nitrogens with zero attached hydrogens (tertiary/aromatic N) is 2. The van der Waals surface area contributed by atoms with Gasteiger partial charge in [-0.25, -0.2) is 0 Å². The fourth-order valence-electron chi connectivity index (χ4n) is 3.45. The van der Waals surface area contributed by atoms with E-state index in [1.165, 1.54) is 12.8 Å². The number of ether oxygens (including phenoxy) is 1. The molecule has 1 saturated carbocycles. The van der Waals surface area contributed by atoms with E-state index in [9.17, 15) is 4.79 Å². The van der Waals surface area contributed by atoms with E-state index in [2.05, 4.69) is 5.10 Å². The maximum absolute atomic E-state index is 11.9. The zero-order chi connectivity index (χ0) is 17.9. The lowest BCUT2D eigenvalue weighted by molar-refractivity contribution is 0.100. The van der Waals surface area contributed by atoms with Gasteiger partial charge in [0.05, 0.1) is 11.6 Å². The van der Waals surface area contributed by atoms with Crippen LogP contribution in [0.3, 0.4) is 0 Å². The fraction of sp³-hybridized carbons (Fsp3) is 0.238. The Hall–Kier alpha value is -3.08. The lowest BCUT2D eigenvalue weighted by Crippen LogP contribution is -2.11. The average molecular weight is 347 g/mol. The second-order valence-electron chi connectivity index (χ2n) is 6.61. The number of primary amides is 1. The van der Waals surface area contributed by atoms with Crippen LogP contribution >= 0.6 is 0 Å². The third-order valence-electron chi connectivity index (χ3n) is 4.80. The summed E-state index contributed by atoms with van der Waals surface area (Å²) in [7, 11) is 0. The summed E-state index contributed by atoms with van der Waals surface area (Å²) in [6.45, 7) is 0. The summed E-state index contributed by atoms with van der Waals surface area (Å²) >= 11 is 0. The van der Waals surface area contributed by atoms with Gasteiger partial charge < -0.3 is 10.5 Å². The van der Waals surface area contributed by atoms with Crippen molar-refractivity contribution in [2.45, 2.75) is 31.7 Å². The van der Waals surface area contributed by atoms with Crippen molar-refractivity contribution in [1.29, 1.82) is 0 Å². The van der Waals surface area contributed by atoms with Crippen molar-refractivity contribution in [3.63, 3.8) is 0 Å². The number of para-hydroxylation sites is 1. The van der Waals surface area contributed by atoms with Gasteiger partial charge in [-0.05, 0) is 49.2 Å². The van der Waals surface area contributed by atoms with E-state index in [-0.39, 0.29) is 0 Å². The number of aromatic nitrogens is 2. The van der Waals surface area contributed by atoms with E-state index in [0.717, 1.165) is 29.9 Å². The molecule has 26 heavy (non-hydrogen) atoms. The van der Waals surface area contributed by atoms with Gasteiger partial charge in [-0.3, -0.25) is 9.48 Å². The Morgan fingerprint density at radius 2 is 1.65 bits per heavy atom. The minimum absolute atomic E-state index is 0.363. The molecule has 0 bridgehead atoms. The minimum Gasteiger partial charge on any atom is -0.457 e. The number of hydrogen-bond acceptors (Lipinski definition) is 3. The van der Waals surface area contributed by atoms with Crippen LogP contribution in [0, 0.1) is 0 Å². The molecule has 1 heterocycles. The highest BCUT2D eigenvalue weighted by Gasteiger charge is 2.22. The predicted molar refractivity (Wildman–Crippen MR) is 100 cm³/mol. The molecule has 2 aromatic carbocycles. The first kappa shape index (κ1) is 16.4. The van der Waals surface area contributed by atoms with Gasteiger partial charge in [-0.15, -0.1) is 0 Å². The standard InChI is InChI=1S/C21H21N3O2/c22-21(25)19-14-24(16-6-4-5-7-16)23-20(19)15-10-12-18(13-11-15)26-17-8-2-1-3-9-17/h1-3,8-14,16H,4-7H2,(H2,22,25). The van der Waals surface area contributed by atoms with Gasteiger partial charge in [0.15, 0.2) is 0 Å². The van der Waals surface area contributed by atoms with Crippen molar-refractivity contribution >= 4 is 5.91 Å². The van der Waals surface area contributed by atoms with Crippen molar-refractivity contribution in [2.24, 2.45) is 5.73 Å². The van der Waals surface area contributed by atoms with E-state index in [0.29, 0.717) is 17.3 Å². The molecular formula is C21H21N3O2. The fourth-order valence-corrected chi connectivity index (χ4v) is 3.45. The molecule has 4 rings (SSSR count). The molecule has 0 spiro atoms. The molecule has 0 atom stereocenters. The van der Waals surface area contributed by atoms with E-state index >= 15 is 0 Å². The Morgan fingerprint density at radius 3 is 2.31 bits per heavy atom. The topological polar surface area (TPSA) is 70.1 Å². The number of nitrogens with two attached hydrogens (primary N) is 1. The van der Waals surface area contributed by atoms with Crippen LogP contribution in [0.15, 0.2) is 60.8 Å². The normalized spacial score (nSPS) is 14.5. The molecule has 1 aliphatic rings. The van der Waals surface area contributed by atoms with Crippen molar-refractivity contribution in [2.75, 3.05) is 0 Å². The summed E-state index contributed by atoms with van der Waals surface area (Å²) in [5.74, 6) is 1.06. The average Bonchev–Trinajstić information content (AvgIpc) is 3.33. The molecule has 5 nitrogen and oxygen atoms in total. The Balaban J connectivity index is 1.61. The second-order valence-corrected chi connectivity index (χ2v) is 6.61. The van der Waals surface area contributed by atoms with Crippen molar-refractivity contribution in [3.8, 4) is 22.8 Å². The van der Waals surface area contributed by atoms with Crippen LogP contribution in [-0.4, -0.2) is 15.7 Å². The van der Waals surface area contributed by atoms with E-state index in [1.54, 1.807) is 6.20 Å².